The third-order valence-corrected chi connectivity index (χ3v) is 4.93. The molecule has 1 amide bonds. The van der Waals surface area contributed by atoms with Crippen LogP contribution in [0.25, 0.3) is 0 Å². The summed E-state index contributed by atoms with van der Waals surface area (Å²) >= 11 is 0. The fourth-order valence-electron chi connectivity index (χ4n) is 4.08. The average molecular weight is 351 g/mol. The SMILES string of the molecule is CC(C)OC(=O)C12c3ccccc3C(=O)N1c1ccccc1C2C(=O)O. The molecule has 0 spiro atoms. The van der Waals surface area contributed by atoms with Crippen molar-refractivity contribution >= 4 is 23.5 Å². The highest BCUT2D eigenvalue weighted by atomic mass is 16.5. The van der Waals surface area contributed by atoms with Crippen molar-refractivity contribution < 1.29 is 24.2 Å². The van der Waals surface area contributed by atoms with Gasteiger partial charge in [0.25, 0.3) is 5.91 Å². The van der Waals surface area contributed by atoms with Crippen LogP contribution in [0.1, 0.15) is 41.3 Å². The van der Waals surface area contributed by atoms with Crippen LogP contribution < -0.4 is 4.90 Å². The van der Waals surface area contributed by atoms with E-state index < -0.39 is 35.4 Å². The van der Waals surface area contributed by atoms with Gasteiger partial charge in [0.15, 0.2) is 5.54 Å². The summed E-state index contributed by atoms with van der Waals surface area (Å²) < 4.78 is 5.46. The Kier molecular flexibility index (Phi) is 3.41. The van der Waals surface area contributed by atoms with E-state index in [0.717, 1.165) is 0 Å². The van der Waals surface area contributed by atoms with E-state index in [1.54, 1.807) is 62.4 Å². The summed E-state index contributed by atoms with van der Waals surface area (Å²) in [7, 11) is 0. The van der Waals surface area contributed by atoms with Gasteiger partial charge in [-0.25, -0.2) is 4.79 Å². The first-order valence-corrected chi connectivity index (χ1v) is 8.37. The Morgan fingerprint density at radius 3 is 2.46 bits per heavy atom. The van der Waals surface area contributed by atoms with Crippen molar-refractivity contribution in [3.63, 3.8) is 0 Å². The molecule has 0 bridgehead atoms. The second-order valence-corrected chi connectivity index (χ2v) is 6.74. The predicted molar refractivity (Wildman–Crippen MR) is 93.0 cm³/mol. The first-order valence-electron chi connectivity index (χ1n) is 8.37. The minimum atomic E-state index is -1.73. The molecule has 4 rings (SSSR count). The summed E-state index contributed by atoms with van der Waals surface area (Å²) in [5.74, 6) is -3.53. The Balaban J connectivity index is 2.08. The quantitative estimate of drug-likeness (QED) is 0.860. The van der Waals surface area contributed by atoms with Gasteiger partial charge in [-0.05, 0) is 31.5 Å². The maximum absolute atomic E-state index is 13.3. The summed E-state index contributed by atoms with van der Waals surface area (Å²) in [6.45, 7) is 3.39. The van der Waals surface area contributed by atoms with Crippen LogP contribution >= 0.6 is 0 Å². The number of para-hydroxylation sites is 1. The minimum Gasteiger partial charge on any atom is -0.481 e. The summed E-state index contributed by atoms with van der Waals surface area (Å²) in [5.41, 5.74) is -0.161. The Morgan fingerprint density at radius 2 is 1.77 bits per heavy atom. The number of hydrogen-bond donors (Lipinski definition) is 1. The maximum Gasteiger partial charge on any atom is 0.338 e. The van der Waals surface area contributed by atoms with Crippen LogP contribution in [0.15, 0.2) is 48.5 Å². The zero-order valence-corrected chi connectivity index (χ0v) is 14.3. The van der Waals surface area contributed by atoms with Gasteiger partial charge in [-0.3, -0.25) is 14.5 Å². The third-order valence-electron chi connectivity index (χ3n) is 4.93. The molecule has 132 valence electrons. The van der Waals surface area contributed by atoms with Gasteiger partial charge >= 0.3 is 11.9 Å². The average Bonchev–Trinajstić information content (AvgIpc) is 3.05. The normalized spacial score (nSPS) is 22.8. The van der Waals surface area contributed by atoms with E-state index in [1.807, 2.05) is 0 Å². The monoisotopic (exact) mass is 351 g/mol. The van der Waals surface area contributed by atoms with Crippen LogP contribution in [0.5, 0.6) is 0 Å². The van der Waals surface area contributed by atoms with Crippen LogP contribution in [0.2, 0.25) is 0 Å². The Morgan fingerprint density at radius 1 is 1.12 bits per heavy atom. The molecule has 0 aromatic heterocycles. The highest BCUT2D eigenvalue weighted by Crippen LogP contribution is 2.58. The summed E-state index contributed by atoms with van der Waals surface area (Å²) in [5, 5.41) is 10.0. The number of carboxylic acid groups (broad SMARTS) is 1. The first kappa shape index (κ1) is 16.3. The lowest BCUT2D eigenvalue weighted by Gasteiger charge is -2.34. The standard InChI is InChI=1S/C20H17NO5/c1-11(2)26-19(25)20-14-9-5-3-7-12(14)17(22)21(20)15-10-6-4-8-13(15)16(20)18(23)24/h3-11,16H,1-2H3,(H,23,24). The number of rotatable bonds is 3. The molecule has 2 aromatic rings. The molecule has 2 aromatic carbocycles. The molecule has 0 fully saturated rings. The van der Waals surface area contributed by atoms with Crippen LogP contribution in [0.4, 0.5) is 5.69 Å². The number of anilines is 1. The van der Waals surface area contributed by atoms with Gasteiger partial charge in [-0.1, -0.05) is 36.4 Å². The molecule has 6 heteroatoms. The fourth-order valence-corrected chi connectivity index (χ4v) is 4.08. The van der Waals surface area contributed by atoms with Crippen molar-refractivity contribution in [3.8, 4) is 0 Å². The van der Waals surface area contributed by atoms with Gasteiger partial charge in [0.05, 0.1) is 6.10 Å². The molecule has 2 aliphatic rings. The number of benzene rings is 2. The summed E-state index contributed by atoms with van der Waals surface area (Å²) in [4.78, 5) is 40.0. The van der Waals surface area contributed by atoms with Crippen LogP contribution in [0, 0.1) is 0 Å². The molecule has 2 atom stereocenters. The van der Waals surface area contributed by atoms with Gasteiger partial charge in [-0.2, -0.15) is 0 Å². The smallest absolute Gasteiger partial charge is 0.338 e. The molecule has 0 aliphatic carbocycles. The van der Waals surface area contributed by atoms with Gasteiger partial charge in [0.1, 0.15) is 5.92 Å². The van der Waals surface area contributed by atoms with Crippen LogP contribution in [0.3, 0.4) is 0 Å². The Hall–Kier alpha value is -3.15. The molecule has 0 saturated heterocycles. The van der Waals surface area contributed by atoms with Crippen molar-refractivity contribution in [3.05, 3.63) is 65.2 Å². The number of amides is 1. The van der Waals surface area contributed by atoms with Crippen molar-refractivity contribution in [2.24, 2.45) is 0 Å². The Labute approximate surface area is 150 Å². The molecule has 0 radical (unpaired) electrons. The number of carbonyl (C=O) groups is 3. The molecule has 6 nitrogen and oxygen atoms in total. The number of carbonyl (C=O) groups excluding carboxylic acids is 2. The first-order chi connectivity index (χ1) is 12.4. The van der Waals surface area contributed by atoms with Crippen LogP contribution in [-0.2, 0) is 19.9 Å². The minimum absolute atomic E-state index is 0.328. The number of nitrogens with zero attached hydrogens (tertiary/aromatic N) is 1. The van der Waals surface area contributed by atoms with Gasteiger partial charge in [0, 0.05) is 16.8 Å². The fraction of sp³-hybridized carbons (Fsp3) is 0.250. The lowest BCUT2D eigenvalue weighted by molar-refractivity contribution is -0.159. The van der Waals surface area contributed by atoms with Gasteiger partial charge in [0.2, 0.25) is 0 Å². The van der Waals surface area contributed by atoms with Gasteiger partial charge in [-0.15, -0.1) is 0 Å². The highest BCUT2D eigenvalue weighted by Gasteiger charge is 2.68. The van der Waals surface area contributed by atoms with Crippen molar-refractivity contribution in [2.45, 2.75) is 31.4 Å². The zero-order valence-electron chi connectivity index (χ0n) is 14.3. The number of carboxylic acids is 1. The summed E-state index contributed by atoms with van der Waals surface area (Å²) in [6, 6.07) is 13.4. The number of hydrogen-bond acceptors (Lipinski definition) is 4. The maximum atomic E-state index is 13.3. The van der Waals surface area contributed by atoms with E-state index in [0.29, 0.717) is 22.4 Å². The number of esters is 1. The topological polar surface area (TPSA) is 83.9 Å². The second kappa shape index (κ2) is 5.42. The molecule has 2 unspecified atom stereocenters. The van der Waals surface area contributed by atoms with E-state index in [-0.39, 0.29) is 0 Å². The number of ether oxygens (including phenoxy) is 1. The van der Waals surface area contributed by atoms with E-state index in [9.17, 15) is 19.5 Å². The number of fused-ring (bicyclic) bond motifs is 5. The van der Waals surface area contributed by atoms with E-state index in [2.05, 4.69) is 0 Å². The van der Waals surface area contributed by atoms with Crippen molar-refractivity contribution in [1.82, 2.24) is 0 Å². The number of aliphatic carboxylic acids is 1. The van der Waals surface area contributed by atoms with Gasteiger partial charge < -0.3 is 9.84 Å². The molecule has 1 N–H and O–H groups in total. The van der Waals surface area contributed by atoms with Crippen LogP contribution in [-0.4, -0.2) is 29.1 Å². The lowest BCUT2D eigenvalue weighted by Crippen LogP contribution is -2.53. The molecule has 2 aliphatic heterocycles. The second-order valence-electron chi connectivity index (χ2n) is 6.74. The molecular formula is C20H17NO5. The molecule has 0 saturated carbocycles. The molecule has 26 heavy (non-hydrogen) atoms. The third kappa shape index (κ3) is 1.84. The summed E-state index contributed by atoms with van der Waals surface area (Å²) in [6.07, 6.45) is -0.445. The van der Waals surface area contributed by atoms with Crippen molar-refractivity contribution in [1.29, 1.82) is 0 Å². The highest BCUT2D eigenvalue weighted by molar-refractivity contribution is 6.21. The van der Waals surface area contributed by atoms with Crippen molar-refractivity contribution in [2.75, 3.05) is 4.90 Å². The zero-order chi connectivity index (χ0) is 18.6. The Bertz CT molecular complexity index is 947. The van der Waals surface area contributed by atoms with E-state index >= 15 is 0 Å². The largest absolute Gasteiger partial charge is 0.481 e. The lowest BCUT2D eigenvalue weighted by atomic mass is 9.77. The molecular weight excluding hydrogens is 334 g/mol. The van der Waals surface area contributed by atoms with E-state index in [4.69, 9.17) is 4.74 Å². The van der Waals surface area contributed by atoms with E-state index in [1.165, 1.54) is 4.90 Å². The predicted octanol–water partition coefficient (Wildman–Crippen LogP) is 2.68. The molecule has 2 heterocycles.